The maximum absolute atomic E-state index is 5.01. The van der Waals surface area contributed by atoms with Crippen LogP contribution in [0.2, 0.25) is 0 Å². The Labute approximate surface area is 300 Å². The van der Waals surface area contributed by atoms with Gasteiger partial charge in [-0.2, -0.15) is 0 Å². The van der Waals surface area contributed by atoms with Crippen LogP contribution in [-0.2, 0) is 0 Å². The van der Waals surface area contributed by atoms with Gasteiger partial charge in [-0.25, -0.2) is 4.99 Å². The van der Waals surface area contributed by atoms with Gasteiger partial charge in [0.05, 0.1) is 27.3 Å². The van der Waals surface area contributed by atoms with E-state index in [1.807, 2.05) is 12.3 Å². The number of aliphatic imine (C=N–C) groups is 1. The third-order valence-electron chi connectivity index (χ3n) is 10.0. The number of thiophene rings is 1. The van der Waals surface area contributed by atoms with E-state index < -0.39 is 0 Å². The zero-order valence-corrected chi connectivity index (χ0v) is 28.5. The molecule has 242 valence electrons. The monoisotopic (exact) mass is 672 g/mol. The molecular formula is C46H32N4S. The summed E-state index contributed by atoms with van der Waals surface area (Å²) < 4.78 is 3.63. The summed E-state index contributed by atoms with van der Waals surface area (Å²) in [6.45, 7) is 4.43. The summed E-state index contributed by atoms with van der Waals surface area (Å²) >= 11 is 1.77. The number of rotatable bonds is 4. The van der Waals surface area contributed by atoms with Gasteiger partial charge < -0.3 is 14.8 Å². The van der Waals surface area contributed by atoms with Gasteiger partial charge in [-0.3, -0.25) is 0 Å². The van der Waals surface area contributed by atoms with E-state index in [2.05, 4.69) is 179 Å². The van der Waals surface area contributed by atoms with Gasteiger partial charge in [-0.15, -0.1) is 11.3 Å². The topological polar surface area (TPSA) is 32.6 Å². The first kappa shape index (κ1) is 29.5. The Kier molecular flexibility index (Phi) is 6.86. The smallest absolute Gasteiger partial charge is 0.200 e. The highest BCUT2D eigenvalue weighted by Crippen LogP contribution is 2.41. The third-order valence-corrected chi connectivity index (χ3v) is 11.1. The minimum atomic E-state index is -0.311. The van der Waals surface area contributed by atoms with Crippen molar-refractivity contribution in [3.8, 4) is 27.9 Å². The zero-order valence-electron chi connectivity index (χ0n) is 27.7. The minimum absolute atomic E-state index is 0.311. The van der Waals surface area contributed by atoms with Gasteiger partial charge in [-0.05, 0) is 76.4 Å². The summed E-state index contributed by atoms with van der Waals surface area (Å²) in [5, 5.41) is 7.44. The molecular weight excluding hydrogens is 641 g/mol. The Hall–Kier alpha value is -6.43. The van der Waals surface area contributed by atoms with Gasteiger partial charge in [0.15, 0.2) is 0 Å². The number of anilines is 2. The second-order valence-electron chi connectivity index (χ2n) is 13.0. The summed E-state index contributed by atoms with van der Waals surface area (Å²) in [6.07, 6.45) is 9.99. The van der Waals surface area contributed by atoms with Gasteiger partial charge in [0.1, 0.15) is 0 Å². The molecule has 0 spiro atoms. The Morgan fingerprint density at radius 1 is 0.627 bits per heavy atom. The van der Waals surface area contributed by atoms with Crippen LogP contribution in [0, 0.1) is 0 Å². The SMILES string of the molecule is C=C1/C=C\C=C/N(C2N=Cc3sc4ccccc4c3N2)c2cc(-c3ccc4c(c3)c3ccccc3n4-c3ccc(-c4ccccc4)cc3)ccc21. The molecule has 10 rings (SSSR count). The van der Waals surface area contributed by atoms with E-state index in [0.717, 1.165) is 44.2 Å². The van der Waals surface area contributed by atoms with Crippen LogP contribution in [-0.4, -0.2) is 17.1 Å². The van der Waals surface area contributed by atoms with E-state index in [-0.39, 0.29) is 6.29 Å². The lowest BCUT2D eigenvalue weighted by atomic mass is 9.96. The molecule has 8 aromatic rings. The zero-order chi connectivity index (χ0) is 33.9. The lowest BCUT2D eigenvalue weighted by molar-refractivity contribution is 0.762. The molecule has 51 heavy (non-hydrogen) atoms. The molecule has 0 aliphatic carbocycles. The van der Waals surface area contributed by atoms with E-state index in [1.165, 1.54) is 43.0 Å². The normalized spacial score (nSPS) is 16.4. The summed E-state index contributed by atoms with van der Waals surface area (Å²) in [5.41, 5.74) is 12.5. The maximum Gasteiger partial charge on any atom is 0.200 e. The van der Waals surface area contributed by atoms with Crippen molar-refractivity contribution in [1.82, 2.24) is 4.57 Å². The molecule has 0 bridgehead atoms. The van der Waals surface area contributed by atoms with Crippen molar-refractivity contribution in [3.63, 3.8) is 0 Å². The van der Waals surface area contributed by atoms with Gasteiger partial charge in [0.25, 0.3) is 0 Å². The molecule has 2 aromatic heterocycles. The molecule has 1 N–H and O–H groups in total. The molecule has 0 saturated carbocycles. The second kappa shape index (κ2) is 11.9. The molecule has 0 saturated heterocycles. The molecule has 0 fully saturated rings. The number of hydrogen-bond donors (Lipinski definition) is 1. The number of nitrogens with zero attached hydrogens (tertiary/aromatic N) is 3. The molecule has 2 aliphatic heterocycles. The van der Waals surface area contributed by atoms with Crippen LogP contribution in [0.15, 0.2) is 176 Å². The number of hydrogen-bond acceptors (Lipinski definition) is 4. The van der Waals surface area contributed by atoms with E-state index in [9.17, 15) is 0 Å². The molecule has 0 amide bonds. The maximum atomic E-state index is 5.01. The molecule has 4 heterocycles. The fourth-order valence-corrected chi connectivity index (χ4v) is 8.56. The fourth-order valence-electron chi connectivity index (χ4n) is 7.51. The molecule has 2 aliphatic rings. The number of benzene rings is 6. The van der Waals surface area contributed by atoms with Gasteiger partial charge in [0, 0.05) is 44.5 Å². The lowest BCUT2D eigenvalue weighted by Crippen LogP contribution is -2.38. The van der Waals surface area contributed by atoms with Crippen LogP contribution < -0.4 is 10.2 Å². The van der Waals surface area contributed by atoms with Crippen LogP contribution in [0.3, 0.4) is 0 Å². The fraction of sp³-hybridized carbons (Fsp3) is 0.0217. The standard InChI is InChI=1S/C46H32N4S/c1-30-11-9-10-26-49(46-47-29-44-45(48-46)38-15-6-8-17-43(38)51-44)42-28-34(20-24-36(30)42)33-21-25-41-39(27-33)37-14-5-7-16-40(37)50(41)35-22-18-32(19-23-35)31-12-3-2-4-13-31/h2-29,46,48H,1H2/b11-9-,26-10-. The van der Waals surface area contributed by atoms with Crippen molar-refractivity contribution in [2.75, 3.05) is 10.2 Å². The number of fused-ring (bicyclic) bond motifs is 7. The minimum Gasteiger partial charge on any atom is -0.345 e. The predicted molar refractivity (Wildman–Crippen MR) is 218 cm³/mol. The molecule has 6 aromatic carbocycles. The Bertz CT molecular complexity index is 2740. The van der Waals surface area contributed by atoms with E-state index in [4.69, 9.17) is 4.99 Å². The number of aromatic nitrogens is 1. The molecule has 5 heteroatoms. The lowest BCUT2D eigenvalue weighted by Gasteiger charge is -2.33. The van der Waals surface area contributed by atoms with E-state index in [0.29, 0.717) is 0 Å². The van der Waals surface area contributed by atoms with Crippen molar-refractivity contribution in [3.05, 3.63) is 181 Å². The van der Waals surface area contributed by atoms with Crippen LogP contribution in [0.4, 0.5) is 11.4 Å². The molecule has 1 atom stereocenters. The highest BCUT2D eigenvalue weighted by Gasteiger charge is 2.26. The Morgan fingerprint density at radius 3 is 2.22 bits per heavy atom. The third kappa shape index (κ3) is 4.93. The van der Waals surface area contributed by atoms with Crippen molar-refractivity contribution in [2.45, 2.75) is 6.29 Å². The largest absolute Gasteiger partial charge is 0.345 e. The highest BCUT2D eigenvalue weighted by molar-refractivity contribution is 7.21. The first-order valence-corrected chi connectivity index (χ1v) is 18.0. The Morgan fingerprint density at radius 2 is 1.33 bits per heavy atom. The van der Waals surface area contributed by atoms with Gasteiger partial charge >= 0.3 is 0 Å². The van der Waals surface area contributed by atoms with Crippen molar-refractivity contribution >= 4 is 66.4 Å². The first-order valence-electron chi connectivity index (χ1n) is 17.2. The van der Waals surface area contributed by atoms with Crippen molar-refractivity contribution in [2.24, 2.45) is 4.99 Å². The van der Waals surface area contributed by atoms with Crippen molar-refractivity contribution in [1.29, 1.82) is 0 Å². The van der Waals surface area contributed by atoms with E-state index >= 15 is 0 Å². The summed E-state index contributed by atoms with van der Waals surface area (Å²) in [5.74, 6) is 0. The molecule has 1 unspecified atom stereocenters. The van der Waals surface area contributed by atoms with Crippen LogP contribution in [0.5, 0.6) is 0 Å². The Balaban J connectivity index is 1.06. The number of para-hydroxylation sites is 1. The quantitative estimate of drug-likeness (QED) is 0.202. The summed E-state index contributed by atoms with van der Waals surface area (Å²) in [6, 6.07) is 50.2. The van der Waals surface area contributed by atoms with Gasteiger partial charge in [-0.1, -0.05) is 116 Å². The summed E-state index contributed by atoms with van der Waals surface area (Å²) in [7, 11) is 0. The second-order valence-corrected chi connectivity index (χ2v) is 14.1. The highest BCUT2D eigenvalue weighted by atomic mass is 32.1. The molecule has 4 nitrogen and oxygen atoms in total. The molecule has 0 radical (unpaired) electrons. The van der Waals surface area contributed by atoms with E-state index in [1.54, 1.807) is 11.3 Å². The van der Waals surface area contributed by atoms with Gasteiger partial charge in [0.2, 0.25) is 6.29 Å². The average Bonchev–Trinajstić information content (AvgIpc) is 3.72. The predicted octanol–water partition coefficient (Wildman–Crippen LogP) is 12.1. The number of nitrogens with one attached hydrogen (secondary N) is 1. The van der Waals surface area contributed by atoms with Crippen LogP contribution >= 0.6 is 11.3 Å². The van der Waals surface area contributed by atoms with Crippen molar-refractivity contribution < 1.29 is 0 Å². The number of allylic oxidation sites excluding steroid dienone is 4. The average molecular weight is 673 g/mol. The van der Waals surface area contributed by atoms with Crippen LogP contribution in [0.1, 0.15) is 10.4 Å². The first-order chi connectivity index (χ1) is 25.2. The van der Waals surface area contributed by atoms with Crippen LogP contribution in [0.25, 0.3) is 65.4 Å². The summed E-state index contributed by atoms with van der Waals surface area (Å²) in [4.78, 5) is 8.39.